The Morgan fingerprint density at radius 3 is 2.58 bits per heavy atom. The Labute approximate surface area is 153 Å². The van der Waals surface area contributed by atoms with Crippen molar-refractivity contribution in [2.24, 2.45) is 0 Å². The maximum absolute atomic E-state index is 14.0. The van der Waals surface area contributed by atoms with Crippen LogP contribution in [0.25, 0.3) is 0 Å². The molecule has 136 valence electrons. The van der Waals surface area contributed by atoms with Gasteiger partial charge >= 0.3 is 0 Å². The van der Waals surface area contributed by atoms with Gasteiger partial charge in [0.05, 0.1) is 4.92 Å². The molecule has 0 N–H and O–H groups in total. The third-order valence-corrected chi connectivity index (χ3v) is 5.57. The number of amides is 1. The van der Waals surface area contributed by atoms with E-state index in [1.54, 1.807) is 4.90 Å². The first-order valence-corrected chi connectivity index (χ1v) is 9.11. The van der Waals surface area contributed by atoms with Gasteiger partial charge in [0.15, 0.2) is 0 Å². The van der Waals surface area contributed by atoms with Crippen molar-refractivity contribution < 1.29 is 18.5 Å². The van der Waals surface area contributed by atoms with Gasteiger partial charge in [-0.25, -0.2) is 8.78 Å². The molecule has 1 atom stereocenters. The number of nitrogens with zero attached hydrogens (tertiary/aromatic N) is 2. The van der Waals surface area contributed by atoms with Crippen LogP contribution >= 0.6 is 11.8 Å². The number of carbonyl (C=O) groups excluding carboxylic acids is 1. The number of nitro groups is 1. The number of hydrogen-bond acceptors (Lipinski definition) is 4. The van der Waals surface area contributed by atoms with Crippen LogP contribution in [-0.4, -0.2) is 34.6 Å². The molecular weight excluding hydrogens is 362 g/mol. The molecule has 0 saturated carbocycles. The molecule has 8 heteroatoms. The molecule has 0 radical (unpaired) electrons. The van der Waals surface area contributed by atoms with Gasteiger partial charge in [-0.05, 0) is 36.8 Å². The van der Waals surface area contributed by atoms with E-state index in [2.05, 4.69) is 0 Å². The second-order valence-corrected chi connectivity index (χ2v) is 7.22. The quantitative estimate of drug-likeness (QED) is 0.593. The molecule has 3 rings (SSSR count). The molecule has 1 aliphatic heterocycles. The number of halogens is 2. The first-order chi connectivity index (χ1) is 12.5. The fraction of sp³-hybridized carbons (Fsp3) is 0.278. The Morgan fingerprint density at radius 2 is 1.88 bits per heavy atom. The second-order valence-electron chi connectivity index (χ2n) is 5.91. The number of nitro benzene ring substituents is 1. The van der Waals surface area contributed by atoms with E-state index in [0.29, 0.717) is 36.4 Å². The Morgan fingerprint density at radius 1 is 1.15 bits per heavy atom. The number of rotatable bonds is 3. The molecule has 1 amide bonds. The van der Waals surface area contributed by atoms with Crippen molar-refractivity contribution in [2.75, 3.05) is 18.8 Å². The van der Waals surface area contributed by atoms with E-state index in [9.17, 15) is 23.7 Å². The van der Waals surface area contributed by atoms with Crippen LogP contribution in [0.3, 0.4) is 0 Å². The minimum atomic E-state index is -0.519. The van der Waals surface area contributed by atoms with E-state index in [1.165, 1.54) is 42.1 Å². The standard InChI is InChI=1S/C18H16F2N2O3S/c19-13-3-6-16(20)15(11-13)17-7-8-21(9-10-26-17)18(23)12-1-4-14(5-2-12)22(24)25/h1-6,11,17H,7-10H2. The molecular formula is C18H16F2N2O3S. The maximum atomic E-state index is 14.0. The SMILES string of the molecule is O=C(c1ccc([N+](=O)[O-])cc1)N1CCSC(c2cc(F)ccc2F)CC1. The summed E-state index contributed by atoms with van der Waals surface area (Å²) in [6.07, 6.45) is 0.504. The van der Waals surface area contributed by atoms with E-state index < -0.39 is 16.6 Å². The van der Waals surface area contributed by atoms with Gasteiger partial charge in [-0.3, -0.25) is 14.9 Å². The first kappa shape index (κ1) is 18.3. The highest BCUT2D eigenvalue weighted by atomic mass is 32.2. The van der Waals surface area contributed by atoms with Crippen LogP contribution in [-0.2, 0) is 0 Å². The molecule has 0 bridgehead atoms. The molecule has 1 aliphatic rings. The number of thioether (sulfide) groups is 1. The Hall–Kier alpha value is -2.48. The molecule has 0 aliphatic carbocycles. The first-order valence-electron chi connectivity index (χ1n) is 8.06. The molecule has 5 nitrogen and oxygen atoms in total. The van der Waals surface area contributed by atoms with Gasteiger partial charge in [0.2, 0.25) is 0 Å². The normalized spacial score (nSPS) is 17.6. The fourth-order valence-corrected chi connectivity index (χ4v) is 4.13. The lowest BCUT2D eigenvalue weighted by atomic mass is 10.1. The predicted octanol–water partition coefficient (Wildman–Crippen LogP) is 4.19. The van der Waals surface area contributed by atoms with Gasteiger partial charge in [-0.15, -0.1) is 0 Å². The Bertz CT molecular complexity index is 830. The molecule has 0 aromatic heterocycles. The molecule has 1 unspecified atom stereocenters. The molecule has 1 heterocycles. The molecule has 26 heavy (non-hydrogen) atoms. The Kier molecular flexibility index (Phi) is 5.51. The second kappa shape index (κ2) is 7.82. The number of benzene rings is 2. The third-order valence-electron chi connectivity index (χ3n) is 4.26. The highest BCUT2D eigenvalue weighted by Crippen LogP contribution is 2.36. The Balaban J connectivity index is 1.70. The van der Waals surface area contributed by atoms with E-state index in [1.807, 2.05) is 0 Å². The van der Waals surface area contributed by atoms with E-state index in [0.717, 1.165) is 12.1 Å². The molecule has 1 saturated heterocycles. The van der Waals surface area contributed by atoms with Crippen LogP contribution < -0.4 is 0 Å². The molecule has 2 aromatic carbocycles. The van der Waals surface area contributed by atoms with Crippen LogP contribution in [0.2, 0.25) is 0 Å². The van der Waals surface area contributed by atoms with Crippen molar-refractivity contribution >= 4 is 23.4 Å². The van der Waals surface area contributed by atoms with E-state index in [4.69, 9.17) is 0 Å². The van der Waals surface area contributed by atoms with Gasteiger partial charge in [0.1, 0.15) is 11.6 Å². The van der Waals surface area contributed by atoms with Crippen molar-refractivity contribution in [1.29, 1.82) is 0 Å². The number of non-ortho nitro benzene ring substituents is 1. The van der Waals surface area contributed by atoms with Gasteiger partial charge in [0.25, 0.3) is 11.6 Å². The summed E-state index contributed by atoms with van der Waals surface area (Å²) < 4.78 is 27.4. The number of carbonyl (C=O) groups is 1. The maximum Gasteiger partial charge on any atom is 0.269 e. The predicted molar refractivity (Wildman–Crippen MR) is 95.2 cm³/mol. The van der Waals surface area contributed by atoms with Crippen LogP contribution in [0.4, 0.5) is 14.5 Å². The van der Waals surface area contributed by atoms with Gasteiger partial charge < -0.3 is 4.90 Å². The monoisotopic (exact) mass is 378 g/mol. The summed E-state index contributed by atoms with van der Waals surface area (Å²) >= 11 is 1.49. The van der Waals surface area contributed by atoms with Crippen molar-refractivity contribution in [1.82, 2.24) is 4.90 Å². The summed E-state index contributed by atoms with van der Waals surface area (Å²) in [4.78, 5) is 24.4. The molecule has 0 spiro atoms. The van der Waals surface area contributed by atoms with Crippen LogP contribution in [0.15, 0.2) is 42.5 Å². The van der Waals surface area contributed by atoms with Crippen molar-refractivity contribution in [3.8, 4) is 0 Å². The zero-order valence-corrected chi connectivity index (χ0v) is 14.5. The lowest BCUT2D eigenvalue weighted by Crippen LogP contribution is -2.32. The minimum Gasteiger partial charge on any atom is -0.338 e. The fourth-order valence-electron chi connectivity index (χ4n) is 2.89. The summed E-state index contributed by atoms with van der Waals surface area (Å²) in [5, 5.41) is 10.5. The lowest BCUT2D eigenvalue weighted by molar-refractivity contribution is -0.384. The summed E-state index contributed by atoms with van der Waals surface area (Å²) in [5.41, 5.74) is 0.616. The van der Waals surface area contributed by atoms with Crippen molar-refractivity contribution in [2.45, 2.75) is 11.7 Å². The van der Waals surface area contributed by atoms with Gasteiger partial charge in [-0.1, -0.05) is 0 Å². The van der Waals surface area contributed by atoms with Crippen molar-refractivity contribution in [3.63, 3.8) is 0 Å². The summed E-state index contributed by atoms with van der Waals surface area (Å²) in [6, 6.07) is 8.88. The zero-order chi connectivity index (χ0) is 18.7. The minimum absolute atomic E-state index is 0.0744. The zero-order valence-electron chi connectivity index (χ0n) is 13.7. The smallest absolute Gasteiger partial charge is 0.269 e. The average Bonchev–Trinajstić information content (AvgIpc) is 2.89. The highest BCUT2D eigenvalue weighted by molar-refractivity contribution is 7.99. The van der Waals surface area contributed by atoms with Gasteiger partial charge in [0, 0.05) is 47.4 Å². The van der Waals surface area contributed by atoms with E-state index in [-0.39, 0.29) is 16.8 Å². The van der Waals surface area contributed by atoms with E-state index >= 15 is 0 Å². The summed E-state index contributed by atoms with van der Waals surface area (Å²) in [6.45, 7) is 0.886. The highest BCUT2D eigenvalue weighted by Gasteiger charge is 2.25. The summed E-state index contributed by atoms with van der Waals surface area (Å²) in [7, 11) is 0. The topological polar surface area (TPSA) is 63.4 Å². The summed E-state index contributed by atoms with van der Waals surface area (Å²) in [5.74, 6) is -0.552. The molecule has 1 fully saturated rings. The average molecular weight is 378 g/mol. The molecule has 2 aromatic rings. The van der Waals surface area contributed by atoms with Crippen LogP contribution in [0, 0.1) is 21.7 Å². The number of hydrogen-bond donors (Lipinski definition) is 0. The van der Waals surface area contributed by atoms with Crippen molar-refractivity contribution in [3.05, 3.63) is 75.3 Å². The third kappa shape index (κ3) is 4.01. The van der Waals surface area contributed by atoms with Crippen LogP contribution in [0.5, 0.6) is 0 Å². The van der Waals surface area contributed by atoms with Crippen LogP contribution in [0.1, 0.15) is 27.6 Å². The lowest BCUT2D eigenvalue weighted by Gasteiger charge is -2.20. The largest absolute Gasteiger partial charge is 0.338 e. The van der Waals surface area contributed by atoms with Gasteiger partial charge in [-0.2, -0.15) is 11.8 Å².